The van der Waals surface area contributed by atoms with Crippen LogP contribution in [0.2, 0.25) is 5.02 Å². The smallest absolute Gasteiger partial charge is 0.243 e. The zero-order chi connectivity index (χ0) is 24.7. The molecule has 2 aromatic carbocycles. The number of rotatable bonds is 8. The fourth-order valence-corrected chi connectivity index (χ4v) is 5.00. The molecule has 0 spiro atoms. The van der Waals surface area contributed by atoms with Crippen LogP contribution in [0.1, 0.15) is 5.56 Å². The summed E-state index contributed by atoms with van der Waals surface area (Å²) < 4.78 is 48.5. The Labute approximate surface area is 208 Å². The number of hydrogen-bond acceptors (Lipinski definition) is 8. The minimum absolute atomic E-state index is 0.0997. The summed E-state index contributed by atoms with van der Waals surface area (Å²) in [6.45, 7) is 1.30. The first-order valence-corrected chi connectivity index (χ1v) is 12.3. The third-order valence-electron chi connectivity index (χ3n) is 4.90. The Morgan fingerprint density at radius 1 is 1.12 bits per heavy atom. The second-order valence-electron chi connectivity index (χ2n) is 6.91. The number of hydrogen-bond donors (Lipinski definition) is 2. The van der Waals surface area contributed by atoms with E-state index in [9.17, 15) is 8.42 Å². The fraction of sp³-hybridized carbons (Fsp3) is 0.333. The van der Waals surface area contributed by atoms with Crippen LogP contribution in [0.15, 0.2) is 40.3 Å². The van der Waals surface area contributed by atoms with Gasteiger partial charge in [0.1, 0.15) is 0 Å². The van der Waals surface area contributed by atoms with Crippen molar-refractivity contribution in [3.63, 3.8) is 0 Å². The number of benzene rings is 2. The van der Waals surface area contributed by atoms with E-state index in [4.69, 9.17) is 42.8 Å². The van der Waals surface area contributed by atoms with Gasteiger partial charge in [0.25, 0.3) is 0 Å². The van der Waals surface area contributed by atoms with E-state index in [1.54, 1.807) is 12.1 Å². The van der Waals surface area contributed by atoms with Gasteiger partial charge in [0.15, 0.2) is 16.6 Å². The summed E-state index contributed by atoms with van der Waals surface area (Å²) in [4.78, 5) is 0.0997. The molecule has 1 aliphatic rings. The van der Waals surface area contributed by atoms with Crippen LogP contribution in [0, 0.1) is 0 Å². The van der Waals surface area contributed by atoms with E-state index in [1.807, 2.05) is 0 Å². The van der Waals surface area contributed by atoms with Crippen molar-refractivity contribution in [2.24, 2.45) is 5.10 Å². The van der Waals surface area contributed by atoms with E-state index in [0.717, 1.165) is 0 Å². The SMILES string of the molecule is COc1ccc(C=NNC(=S)Nc2cc(S(=O)(=O)N3CCOCC3)ccc2Cl)c(OC)c1OC. The van der Waals surface area contributed by atoms with E-state index >= 15 is 0 Å². The maximum absolute atomic E-state index is 12.9. The maximum atomic E-state index is 12.9. The van der Waals surface area contributed by atoms with Crippen LogP contribution in [-0.2, 0) is 14.8 Å². The Bertz CT molecular complexity index is 1170. The van der Waals surface area contributed by atoms with Gasteiger partial charge in [-0.3, -0.25) is 5.43 Å². The minimum atomic E-state index is -3.68. The zero-order valence-corrected chi connectivity index (χ0v) is 21.2. The number of methoxy groups -OCH3 is 3. The van der Waals surface area contributed by atoms with Gasteiger partial charge in [0.05, 0.1) is 56.4 Å². The molecule has 0 unspecified atom stereocenters. The van der Waals surface area contributed by atoms with E-state index in [0.29, 0.717) is 59.8 Å². The van der Waals surface area contributed by atoms with Gasteiger partial charge in [-0.25, -0.2) is 8.42 Å². The van der Waals surface area contributed by atoms with E-state index in [1.165, 1.54) is 50.0 Å². The molecule has 1 saturated heterocycles. The summed E-state index contributed by atoms with van der Waals surface area (Å²) in [5.41, 5.74) is 3.62. The minimum Gasteiger partial charge on any atom is -0.493 e. The second-order valence-corrected chi connectivity index (χ2v) is 9.66. The molecule has 0 saturated carbocycles. The van der Waals surface area contributed by atoms with Crippen molar-refractivity contribution in [1.82, 2.24) is 9.73 Å². The van der Waals surface area contributed by atoms with Gasteiger partial charge in [-0.1, -0.05) is 11.6 Å². The Morgan fingerprint density at radius 3 is 2.47 bits per heavy atom. The molecule has 13 heteroatoms. The standard InChI is InChI=1S/C21H25ClN4O6S2/c1-29-18-7-4-14(19(30-2)20(18)31-3)13-23-25-21(33)24-17-12-15(5-6-16(17)22)34(27,28)26-8-10-32-11-9-26/h4-7,12-13H,8-11H2,1-3H3,(H2,24,25,33). The van der Waals surface area contributed by atoms with Crippen molar-refractivity contribution >= 4 is 50.9 Å². The first-order valence-electron chi connectivity index (χ1n) is 10.1. The number of nitrogens with zero attached hydrogens (tertiary/aromatic N) is 2. The van der Waals surface area contributed by atoms with Gasteiger partial charge >= 0.3 is 0 Å². The molecule has 1 fully saturated rings. The molecule has 0 aromatic heterocycles. The quantitative estimate of drug-likeness (QED) is 0.303. The predicted octanol–water partition coefficient (Wildman–Crippen LogP) is 2.71. The average molecular weight is 529 g/mol. The van der Waals surface area contributed by atoms with Crippen LogP contribution in [0.5, 0.6) is 17.2 Å². The molecule has 3 rings (SSSR count). The molecule has 34 heavy (non-hydrogen) atoms. The largest absolute Gasteiger partial charge is 0.493 e. The lowest BCUT2D eigenvalue weighted by Gasteiger charge is -2.26. The van der Waals surface area contributed by atoms with Crippen molar-refractivity contribution in [1.29, 1.82) is 0 Å². The maximum Gasteiger partial charge on any atom is 0.243 e. The number of sulfonamides is 1. The van der Waals surface area contributed by atoms with Crippen molar-refractivity contribution in [3.05, 3.63) is 40.9 Å². The summed E-state index contributed by atoms with van der Waals surface area (Å²) in [6.07, 6.45) is 1.50. The van der Waals surface area contributed by atoms with Crippen LogP contribution in [0.25, 0.3) is 0 Å². The highest BCUT2D eigenvalue weighted by molar-refractivity contribution is 7.89. The third kappa shape index (κ3) is 5.88. The number of halogens is 1. The van der Waals surface area contributed by atoms with Crippen molar-refractivity contribution in [2.45, 2.75) is 4.90 Å². The average Bonchev–Trinajstić information content (AvgIpc) is 2.85. The number of morpholine rings is 1. The predicted molar refractivity (Wildman–Crippen MR) is 134 cm³/mol. The van der Waals surface area contributed by atoms with Crippen LogP contribution < -0.4 is 25.0 Å². The van der Waals surface area contributed by atoms with Gasteiger partial charge in [0.2, 0.25) is 15.8 Å². The number of thiocarbonyl (C=S) groups is 1. The molecule has 10 nitrogen and oxygen atoms in total. The Kier molecular flexibility index (Phi) is 8.91. The lowest BCUT2D eigenvalue weighted by atomic mass is 10.2. The molecule has 0 aliphatic carbocycles. The summed E-state index contributed by atoms with van der Waals surface area (Å²) in [7, 11) is 0.864. The number of anilines is 1. The van der Waals surface area contributed by atoms with E-state index in [2.05, 4.69) is 15.8 Å². The Balaban J connectivity index is 1.72. The monoisotopic (exact) mass is 528 g/mol. The summed E-state index contributed by atoms with van der Waals surface area (Å²) in [5.74, 6) is 1.39. The van der Waals surface area contributed by atoms with Gasteiger partial charge in [-0.2, -0.15) is 9.41 Å². The molecule has 0 atom stereocenters. The van der Waals surface area contributed by atoms with Crippen molar-refractivity contribution < 1.29 is 27.4 Å². The topological polar surface area (TPSA) is 111 Å². The highest BCUT2D eigenvalue weighted by atomic mass is 35.5. The lowest BCUT2D eigenvalue weighted by Crippen LogP contribution is -2.40. The van der Waals surface area contributed by atoms with Gasteiger partial charge in [-0.15, -0.1) is 0 Å². The molecule has 184 valence electrons. The molecule has 0 radical (unpaired) electrons. The lowest BCUT2D eigenvalue weighted by molar-refractivity contribution is 0.0730. The number of ether oxygens (including phenoxy) is 4. The van der Waals surface area contributed by atoms with Crippen LogP contribution in [0.4, 0.5) is 5.69 Å². The fourth-order valence-electron chi connectivity index (χ4n) is 3.23. The molecule has 1 heterocycles. The van der Waals surface area contributed by atoms with Crippen LogP contribution in [-0.4, -0.2) is 71.7 Å². The van der Waals surface area contributed by atoms with Crippen molar-refractivity contribution in [3.8, 4) is 17.2 Å². The molecule has 0 amide bonds. The normalized spacial score (nSPS) is 14.6. The van der Waals surface area contributed by atoms with Crippen LogP contribution >= 0.6 is 23.8 Å². The molecular formula is C21H25ClN4O6S2. The first kappa shape index (κ1) is 26.0. The Hall–Kier alpha value is -2.64. The van der Waals surface area contributed by atoms with Gasteiger partial charge in [0, 0.05) is 18.7 Å². The summed E-state index contributed by atoms with van der Waals surface area (Å²) >= 11 is 11.5. The zero-order valence-electron chi connectivity index (χ0n) is 18.8. The highest BCUT2D eigenvalue weighted by Gasteiger charge is 2.27. The molecular weight excluding hydrogens is 504 g/mol. The molecule has 0 bridgehead atoms. The summed E-state index contributed by atoms with van der Waals surface area (Å²) in [6, 6.07) is 7.86. The number of hydrazone groups is 1. The second kappa shape index (κ2) is 11.7. The Morgan fingerprint density at radius 2 is 1.82 bits per heavy atom. The molecule has 2 aromatic rings. The van der Waals surface area contributed by atoms with Crippen molar-refractivity contribution in [2.75, 3.05) is 52.9 Å². The van der Waals surface area contributed by atoms with Crippen LogP contribution in [0.3, 0.4) is 0 Å². The van der Waals surface area contributed by atoms with Gasteiger partial charge < -0.3 is 24.3 Å². The first-order chi connectivity index (χ1) is 16.3. The third-order valence-corrected chi connectivity index (χ3v) is 7.32. The number of nitrogens with one attached hydrogen (secondary N) is 2. The highest BCUT2D eigenvalue weighted by Crippen LogP contribution is 2.39. The molecule has 1 aliphatic heterocycles. The summed E-state index contributed by atoms with van der Waals surface area (Å²) in [5, 5.41) is 7.40. The van der Waals surface area contributed by atoms with E-state index in [-0.39, 0.29) is 10.0 Å². The van der Waals surface area contributed by atoms with Gasteiger partial charge in [-0.05, 0) is 42.5 Å². The van der Waals surface area contributed by atoms with E-state index < -0.39 is 10.0 Å². The molecule has 2 N–H and O–H groups in total.